The fourth-order valence-corrected chi connectivity index (χ4v) is 4.79. The minimum absolute atomic E-state index is 0.143. The first-order valence-electron chi connectivity index (χ1n) is 10.4. The van der Waals surface area contributed by atoms with Crippen molar-refractivity contribution in [1.29, 1.82) is 0 Å². The molecule has 0 fully saturated rings. The Morgan fingerprint density at radius 3 is 2.67 bits per heavy atom. The maximum Gasteiger partial charge on any atom is 0.261 e. The fraction of sp³-hybridized carbons (Fsp3) is 0.250. The minimum atomic E-state index is -1.25. The second-order valence-corrected chi connectivity index (χ2v) is 9.11. The molecule has 0 unspecified atom stereocenters. The van der Waals surface area contributed by atoms with Crippen molar-refractivity contribution in [1.82, 2.24) is 14.9 Å². The smallest absolute Gasteiger partial charge is 0.261 e. The van der Waals surface area contributed by atoms with E-state index in [0.29, 0.717) is 28.5 Å². The summed E-state index contributed by atoms with van der Waals surface area (Å²) < 4.78 is 19.8. The SMILES string of the molecule is CN1C(=O)[C@@]2(C[C@@](C)(Cc3ccc(F)cn3)Oc3ccc(-c4cncc(Cl)c4)cc32)N=C1N. The van der Waals surface area contributed by atoms with Gasteiger partial charge < -0.3 is 10.5 Å². The number of nitrogens with zero attached hydrogens (tertiary/aromatic N) is 4. The number of aromatic nitrogens is 2. The van der Waals surface area contributed by atoms with E-state index in [2.05, 4.69) is 15.0 Å². The normalized spacial score (nSPS) is 23.9. The summed E-state index contributed by atoms with van der Waals surface area (Å²) in [6.07, 6.45) is 5.03. The molecule has 0 saturated heterocycles. The molecular weight excluding hydrogens is 445 g/mol. The zero-order valence-corrected chi connectivity index (χ0v) is 18.8. The zero-order chi connectivity index (χ0) is 23.4. The topological polar surface area (TPSA) is 93.7 Å². The van der Waals surface area contributed by atoms with Crippen LogP contribution < -0.4 is 10.5 Å². The highest BCUT2D eigenvalue weighted by atomic mass is 35.5. The lowest BCUT2D eigenvalue weighted by atomic mass is 9.74. The van der Waals surface area contributed by atoms with Crippen molar-refractivity contribution < 1.29 is 13.9 Å². The average molecular weight is 466 g/mol. The van der Waals surface area contributed by atoms with E-state index in [-0.39, 0.29) is 18.3 Å². The summed E-state index contributed by atoms with van der Waals surface area (Å²) in [5.41, 5.74) is 6.92. The highest BCUT2D eigenvalue weighted by Gasteiger charge is 2.56. The molecule has 0 radical (unpaired) electrons. The third-order valence-electron chi connectivity index (χ3n) is 6.10. The van der Waals surface area contributed by atoms with Crippen molar-refractivity contribution in [2.75, 3.05) is 7.05 Å². The summed E-state index contributed by atoms with van der Waals surface area (Å²) in [7, 11) is 1.61. The predicted octanol–water partition coefficient (Wildman–Crippen LogP) is 3.70. The average Bonchev–Trinajstić information content (AvgIpc) is 2.99. The van der Waals surface area contributed by atoms with Gasteiger partial charge in [0.1, 0.15) is 17.2 Å². The summed E-state index contributed by atoms with van der Waals surface area (Å²) in [5.74, 6) is 0.0298. The fourth-order valence-electron chi connectivity index (χ4n) is 4.61. The van der Waals surface area contributed by atoms with E-state index < -0.39 is 17.0 Å². The lowest BCUT2D eigenvalue weighted by Crippen LogP contribution is -2.51. The molecule has 33 heavy (non-hydrogen) atoms. The molecule has 1 amide bonds. The van der Waals surface area contributed by atoms with Gasteiger partial charge in [0.2, 0.25) is 0 Å². The molecular formula is C24H21ClFN5O2. The van der Waals surface area contributed by atoms with Crippen LogP contribution in [-0.2, 0) is 16.8 Å². The number of likely N-dealkylation sites (N-methyl/N-ethyl adjacent to an activating group) is 1. The number of hydrogen-bond acceptors (Lipinski definition) is 6. The Labute approximate surface area is 195 Å². The first-order chi connectivity index (χ1) is 15.7. The van der Waals surface area contributed by atoms with Crippen LogP contribution in [-0.4, -0.2) is 39.4 Å². The number of amides is 1. The molecule has 0 bridgehead atoms. The van der Waals surface area contributed by atoms with Crippen LogP contribution >= 0.6 is 11.6 Å². The molecule has 9 heteroatoms. The van der Waals surface area contributed by atoms with E-state index in [1.165, 1.54) is 17.2 Å². The number of carbonyl (C=O) groups is 1. The maximum absolute atomic E-state index is 13.5. The number of halogens is 2. The Morgan fingerprint density at radius 1 is 1.18 bits per heavy atom. The molecule has 2 atom stereocenters. The van der Waals surface area contributed by atoms with Crippen LogP contribution in [0.4, 0.5) is 4.39 Å². The molecule has 1 spiro atoms. The second-order valence-electron chi connectivity index (χ2n) is 8.67. The number of hydrogen-bond donors (Lipinski definition) is 1. The van der Waals surface area contributed by atoms with Crippen molar-refractivity contribution in [3.05, 3.63) is 77.1 Å². The van der Waals surface area contributed by atoms with Gasteiger partial charge in [0.15, 0.2) is 11.5 Å². The Morgan fingerprint density at radius 2 is 2.00 bits per heavy atom. The molecule has 5 rings (SSSR count). The van der Waals surface area contributed by atoms with Gasteiger partial charge in [-0.3, -0.25) is 19.7 Å². The number of ether oxygens (including phenoxy) is 1. The van der Waals surface area contributed by atoms with Crippen LogP contribution in [0.3, 0.4) is 0 Å². The molecule has 2 N–H and O–H groups in total. The van der Waals surface area contributed by atoms with Crippen LogP contribution in [0.25, 0.3) is 11.1 Å². The predicted molar refractivity (Wildman–Crippen MR) is 122 cm³/mol. The van der Waals surface area contributed by atoms with E-state index in [9.17, 15) is 9.18 Å². The van der Waals surface area contributed by atoms with Gasteiger partial charge in [-0.1, -0.05) is 17.7 Å². The summed E-state index contributed by atoms with van der Waals surface area (Å²) in [6.45, 7) is 1.90. The third kappa shape index (κ3) is 3.60. The molecule has 3 aromatic rings. The van der Waals surface area contributed by atoms with Crippen LogP contribution in [0, 0.1) is 5.82 Å². The molecule has 2 aliphatic rings. The number of pyridine rings is 2. The molecule has 168 valence electrons. The van der Waals surface area contributed by atoms with Gasteiger partial charge in [-0.15, -0.1) is 0 Å². The first-order valence-corrected chi connectivity index (χ1v) is 10.8. The maximum atomic E-state index is 13.5. The molecule has 0 saturated carbocycles. The van der Waals surface area contributed by atoms with Crippen molar-refractivity contribution in [3.63, 3.8) is 0 Å². The Balaban J connectivity index is 1.63. The highest BCUT2D eigenvalue weighted by molar-refractivity contribution is 6.30. The van der Waals surface area contributed by atoms with Crippen molar-refractivity contribution >= 4 is 23.5 Å². The molecule has 2 aromatic heterocycles. The number of carbonyl (C=O) groups excluding carboxylic acids is 1. The zero-order valence-electron chi connectivity index (χ0n) is 18.0. The van der Waals surface area contributed by atoms with Crippen molar-refractivity contribution in [2.45, 2.75) is 30.9 Å². The van der Waals surface area contributed by atoms with Gasteiger partial charge in [-0.25, -0.2) is 9.38 Å². The molecule has 4 heterocycles. The van der Waals surface area contributed by atoms with E-state index in [4.69, 9.17) is 22.1 Å². The number of nitrogens with two attached hydrogens (primary N) is 1. The van der Waals surface area contributed by atoms with Crippen LogP contribution in [0.5, 0.6) is 5.75 Å². The molecule has 7 nitrogen and oxygen atoms in total. The highest BCUT2D eigenvalue weighted by Crippen LogP contribution is 2.50. The quantitative estimate of drug-likeness (QED) is 0.636. The standard InChI is InChI=1S/C24H21ClFN5O2/c1-23(9-18-5-4-17(26)12-29-18)13-24(21(32)31(2)22(27)30-24)19-8-14(3-6-20(19)33-23)15-7-16(25)11-28-10-15/h3-8,10-12H,9,13H2,1-2H3,(H2,27,30)/t23-,24+/m1/s1. The monoisotopic (exact) mass is 465 g/mol. The minimum Gasteiger partial charge on any atom is -0.487 e. The lowest BCUT2D eigenvalue weighted by Gasteiger charge is -2.43. The van der Waals surface area contributed by atoms with Gasteiger partial charge >= 0.3 is 0 Å². The van der Waals surface area contributed by atoms with E-state index in [1.807, 2.05) is 25.1 Å². The lowest BCUT2D eigenvalue weighted by molar-refractivity contribution is -0.133. The van der Waals surface area contributed by atoms with Crippen LogP contribution in [0.2, 0.25) is 5.02 Å². The Bertz CT molecular complexity index is 1300. The number of rotatable bonds is 3. The Hall–Kier alpha value is -3.52. The van der Waals surface area contributed by atoms with Crippen molar-refractivity contribution in [3.8, 4) is 16.9 Å². The number of guanidine groups is 1. The number of benzene rings is 1. The Kier molecular flexibility index (Phi) is 4.86. The van der Waals surface area contributed by atoms with Crippen molar-refractivity contribution in [2.24, 2.45) is 10.7 Å². The number of fused-ring (bicyclic) bond motifs is 2. The van der Waals surface area contributed by atoms with E-state index in [0.717, 1.165) is 11.1 Å². The second kappa shape index (κ2) is 7.52. The van der Waals surface area contributed by atoms with Gasteiger partial charge in [-0.2, -0.15) is 0 Å². The van der Waals surface area contributed by atoms with Gasteiger partial charge in [0.05, 0.1) is 11.2 Å². The summed E-state index contributed by atoms with van der Waals surface area (Å²) in [5, 5.41) is 0.509. The van der Waals surface area contributed by atoms with Crippen LogP contribution in [0.1, 0.15) is 24.6 Å². The van der Waals surface area contributed by atoms with Crippen LogP contribution in [0.15, 0.2) is 60.0 Å². The third-order valence-corrected chi connectivity index (χ3v) is 6.31. The summed E-state index contributed by atoms with van der Waals surface area (Å²) >= 11 is 6.13. The van der Waals surface area contributed by atoms with Gasteiger partial charge in [-0.05, 0) is 42.8 Å². The first kappa shape index (κ1) is 21.3. The summed E-state index contributed by atoms with van der Waals surface area (Å²) in [6, 6.07) is 10.4. The van der Waals surface area contributed by atoms with E-state index >= 15 is 0 Å². The largest absolute Gasteiger partial charge is 0.487 e. The molecule has 0 aliphatic carbocycles. The van der Waals surface area contributed by atoms with Gasteiger partial charge in [0.25, 0.3) is 5.91 Å². The molecule has 1 aromatic carbocycles. The summed E-state index contributed by atoms with van der Waals surface area (Å²) in [4.78, 5) is 27.9. The number of aliphatic imine (C=N–C) groups is 1. The molecule has 2 aliphatic heterocycles. The van der Waals surface area contributed by atoms with Gasteiger partial charge in [0, 0.05) is 49.1 Å². The van der Waals surface area contributed by atoms with E-state index in [1.54, 1.807) is 31.6 Å².